The molecule has 0 radical (unpaired) electrons. The van der Waals surface area contributed by atoms with E-state index in [0.29, 0.717) is 24.9 Å². The minimum atomic E-state index is -0.728. The van der Waals surface area contributed by atoms with Gasteiger partial charge in [-0.25, -0.2) is 0 Å². The number of aliphatic carboxylic acids is 1. The average Bonchev–Trinajstić information content (AvgIpc) is 3.24. The molecule has 7 atom stereocenters. The number of carboxylic acids is 1. The van der Waals surface area contributed by atoms with Crippen molar-refractivity contribution < 1.29 is 28.8 Å². The number of rotatable bonds is 9. The number of fused-ring (bicyclic) bond motifs is 5. The fourth-order valence-corrected chi connectivity index (χ4v) is 4.51. The molecule has 6 heteroatoms. The van der Waals surface area contributed by atoms with Gasteiger partial charge in [0.2, 0.25) is 0 Å². The average molecular weight is 352 g/mol. The largest absolute Gasteiger partial charge is 0.481 e. The highest BCUT2D eigenvalue weighted by Crippen LogP contribution is 2.55. The second kappa shape index (κ2) is 7.74. The summed E-state index contributed by atoms with van der Waals surface area (Å²) >= 11 is 0. The zero-order chi connectivity index (χ0) is 17.2. The zero-order valence-electron chi connectivity index (χ0n) is 14.5. The summed E-state index contributed by atoms with van der Waals surface area (Å²) in [6, 6.07) is 0. The second-order valence-corrected chi connectivity index (χ2v) is 7.58. The van der Waals surface area contributed by atoms with Crippen LogP contribution in [0.5, 0.6) is 0 Å². The Kier molecular flexibility index (Phi) is 5.41. The van der Waals surface area contributed by atoms with Crippen molar-refractivity contribution in [2.75, 3.05) is 13.2 Å². The van der Waals surface area contributed by atoms with Gasteiger partial charge in [0.25, 0.3) is 0 Å². The Hall–Kier alpha value is -0.950. The molecule has 0 aliphatic carbocycles. The van der Waals surface area contributed by atoms with Gasteiger partial charge >= 0.3 is 5.97 Å². The van der Waals surface area contributed by atoms with Crippen LogP contribution in [0.25, 0.3) is 0 Å². The maximum atomic E-state index is 10.5. The van der Waals surface area contributed by atoms with Crippen LogP contribution in [0.2, 0.25) is 0 Å². The van der Waals surface area contributed by atoms with Crippen LogP contribution in [0.4, 0.5) is 0 Å². The smallest absolute Gasteiger partial charge is 0.303 e. The predicted octanol–water partition coefficient (Wildman–Crippen LogP) is 2.51. The summed E-state index contributed by atoms with van der Waals surface area (Å²) in [5, 5.41) is 8.67. The van der Waals surface area contributed by atoms with Crippen molar-refractivity contribution >= 4 is 5.97 Å². The molecule has 0 aromatic heterocycles. The lowest BCUT2D eigenvalue weighted by Gasteiger charge is -2.28. The Labute approximate surface area is 148 Å². The molecule has 4 aliphatic rings. The lowest BCUT2D eigenvalue weighted by molar-refractivity contribution is -0.173. The van der Waals surface area contributed by atoms with Crippen LogP contribution in [-0.4, -0.2) is 55.0 Å². The van der Waals surface area contributed by atoms with Crippen molar-refractivity contribution in [2.45, 2.75) is 75.7 Å². The SMILES string of the molecule is O=C(O)CCCC=CC[C@H]1[C@@H](COC2CCCCO2)[C@@H]2O[C@H]1[C@@H]1O[C@@H]12. The lowest BCUT2D eigenvalue weighted by atomic mass is 9.78. The molecular weight excluding hydrogens is 324 g/mol. The number of epoxide rings is 1. The van der Waals surface area contributed by atoms with Gasteiger partial charge in [0.15, 0.2) is 6.29 Å². The number of hydrogen-bond acceptors (Lipinski definition) is 5. The highest BCUT2D eigenvalue weighted by Gasteiger charge is 2.68. The van der Waals surface area contributed by atoms with Crippen LogP contribution in [0, 0.1) is 11.8 Å². The molecule has 25 heavy (non-hydrogen) atoms. The summed E-state index contributed by atoms with van der Waals surface area (Å²) < 4.78 is 23.6. The van der Waals surface area contributed by atoms with E-state index in [-0.39, 0.29) is 37.1 Å². The van der Waals surface area contributed by atoms with Crippen molar-refractivity contribution in [3.05, 3.63) is 12.2 Å². The topological polar surface area (TPSA) is 77.5 Å². The third-order valence-electron chi connectivity index (χ3n) is 5.87. The summed E-state index contributed by atoms with van der Waals surface area (Å²) in [6.45, 7) is 1.48. The van der Waals surface area contributed by atoms with Gasteiger partial charge in [0.1, 0.15) is 12.2 Å². The van der Waals surface area contributed by atoms with E-state index in [9.17, 15) is 4.79 Å². The van der Waals surface area contributed by atoms with Crippen molar-refractivity contribution in [2.24, 2.45) is 11.8 Å². The van der Waals surface area contributed by atoms with Crippen LogP contribution < -0.4 is 0 Å². The van der Waals surface area contributed by atoms with Gasteiger partial charge in [-0.15, -0.1) is 0 Å². The van der Waals surface area contributed by atoms with Crippen molar-refractivity contribution in [3.63, 3.8) is 0 Å². The minimum Gasteiger partial charge on any atom is -0.481 e. The van der Waals surface area contributed by atoms with E-state index in [2.05, 4.69) is 12.2 Å². The number of ether oxygens (including phenoxy) is 4. The number of carboxylic acid groups (broad SMARTS) is 1. The van der Waals surface area contributed by atoms with E-state index in [1.807, 2.05) is 0 Å². The maximum absolute atomic E-state index is 10.5. The standard InChI is InChI=1S/C19H28O6/c20-14(21)8-4-2-1-3-7-12-13(11-23-15-9-5-6-10-22-15)17-19-18(25-19)16(12)24-17/h1,3,12-13,15-19H,2,4-11H2,(H,20,21)/t12-,13+,15?,16+,17-,18-,19+/m0/s1. The Morgan fingerprint density at radius 1 is 1.08 bits per heavy atom. The number of carbonyl (C=O) groups is 1. The lowest BCUT2D eigenvalue weighted by Crippen LogP contribution is -2.37. The fourth-order valence-electron chi connectivity index (χ4n) is 4.51. The van der Waals surface area contributed by atoms with E-state index < -0.39 is 5.97 Å². The van der Waals surface area contributed by atoms with Gasteiger partial charge in [-0.3, -0.25) is 4.79 Å². The molecule has 1 unspecified atom stereocenters. The molecule has 0 amide bonds. The maximum Gasteiger partial charge on any atom is 0.303 e. The second-order valence-electron chi connectivity index (χ2n) is 7.58. The Bertz CT molecular complexity index is 500. The molecule has 2 bridgehead atoms. The molecule has 0 aromatic rings. The third-order valence-corrected chi connectivity index (χ3v) is 5.87. The monoisotopic (exact) mass is 352 g/mol. The highest BCUT2D eigenvalue weighted by molar-refractivity contribution is 5.66. The number of allylic oxidation sites excluding steroid dienone is 2. The van der Waals surface area contributed by atoms with E-state index in [1.165, 1.54) is 6.42 Å². The Balaban J connectivity index is 1.26. The molecule has 0 aromatic carbocycles. The first kappa shape index (κ1) is 17.5. The van der Waals surface area contributed by atoms with Gasteiger partial charge in [0.05, 0.1) is 18.8 Å². The van der Waals surface area contributed by atoms with Crippen molar-refractivity contribution in [3.8, 4) is 0 Å². The molecule has 140 valence electrons. The van der Waals surface area contributed by atoms with Gasteiger partial charge in [-0.2, -0.15) is 0 Å². The fraction of sp³-hybridized carbons (Fsp3) is 0.842. The summed E-state index contributed by atoms with van der Waals surface area (Å²) in [5.74, 6) is 0.0602. The highest BCUT2D eigenvalue weighted by atomic mass is 16.7. The molecule has 4 saturated heterocycles. The third kappa shape index (κ3) is 3.92. The first-order valence-corrected chi connectivity index (χ1v) is 9.65. The van der Waals surface area contributed by atoms with Crippen LogP contribution in [-0.2, 0) is 23.7 Å². The van der Waals surface area contributed by atoms with Crippen LogP contribution in [0.3, 0.4) is 0 Å². The normalized spacial score (nSPS) is 42.0. The molecule has 0 saturated carbocycles. The molecule has 0 spiro atoms. The molecule has 6 nitrogen and oxygen atoms in total. The quantitative estimate of drug-likeness (QED) is 0.390. The molecular formula is C19H28O6. The van der Waals surface area contributed by atoms with Crippen molar-refractivity contribution in [1.29, 1.82) is 0 Å². The molecule has 4 fully saturated rings. The Morgan fingerprint density at radius 3 is 2.64 bits per heavy atom. The van der Waals surface area contributed by atoms with Gasteiger partial charge in [-0.05, 0) is 44.4 Å². The molecule has 4 aliphatic heterocycles. The van der Waals surface area contributed by atoms with Crippen LogP contribution >= 0.6 is 0 Å². The number of unbranched alkanes of at least 4 members (excludes halogenated alkanes) is 1. The van der Waals surface area contributed by atoms with Crippen LogP contribution in [0.15, 0.2) is 12.2 Å². The van der Waals surface area contributed by atoms with E-state index in [4.69, 9.17) is 24.1 Å². The molecule has 1 N–H and O–H groups in total. The predicted molar refractivity (Wildman–Crippen MR) is 89.1 cm³/mol. The first-order chi connectivity index (χ1) is 12.2. The summed E-state index contributed by atoms with van der Waals surface area (Å²) in [6.07, 6.45) is 11.1. The Morgan fingerprint density at radius 2 is 1.88 bits per heavy atom. The van der Waals surface area contributed by atoms with Crippen LogP contribution in [0.1, 0.15) is 44.9 Å². The van der Waals surface area contributed by atoms with Gasteiger partial charge < -0.3 is 24.1 Å². The van der Waals surface area contributed by atoms with Crippen molar-refractivity contribution in [1.82, 2.24) is 0 Å². The van der Waals surface area contributed by atoms with Gasteiger partial charge in [-0.1, -0.05) is 12.2 Å². The van der Waals surface area contributed by atoms with E-state index in [0.717, 1.165) is 32.3 Å². The zero-order valence-corrected chi connectivity index (χ0v) is 14.5. The molecule has 4 heterocycles. The van der Waals surface area contributed by atoms with E-state index >= 15 is 0 Å². The molecule has 4 rings (SSSR count). The first-order valence-electron chi connectivity index (χ1n) is 9.65. The summed E-state index contributed by atoms with van der Waals surface area (Å²) in [4.78, 5) is 10.5. The van der Waals surface area contributed by atoms with Gasteiger partial charge in [0, 0.05) is 18.9 Å². The summed E-state index contributed by atoms with van der Waals surface area (Å²) in [5.41, 5.74) is 0. The number of hydrogen-bond donors (Lipinski definition) is 1. The minimum absolute atomic E-state index is 0.0593. The summed E-state index contributed by atoms with van der Waals surface area (Å²) in [7, 11) is 0. The van der Waals surface area contributed by atoms with E-state index in [1.54, 1.807) is 0 Å².